The van der Waals surface area contributed by atoms with Gasteiger partial charge in [0, 0.05) is 17.4 Å². The minimum atomic E-state index is 0. The molecule has 0 aliphatic heterocycles. The summed E-state index contributed by atoms with van der Waals surface area (Å²) >= 11 is 0. The fourth-order valence-electron chi connectivity index (χ4n) is 0. The van der Waals surface area contributed by atoms with E-state index in [4.69, 9.17) is 0 Å². The van der Waals surface area contributed by atoms with Gasteiger partial charge in [0.05, 0.1) is 8.41 Å². The van der Waals surface area contributed by atoms with E-state index < -0.39 is 0 Å². The first-order chi connectivity index (χ1) is 0. The van der Waals surface area contributed by atoms with Gasteiger partial charge in [-0.25, -0.2) is 0 Å². The molecule has 0 saturated heterocycles. The van der Waals surface area contributed by atoms with Crippen LogP contribution in [0, 0.1) is 0 Å². The average Bonchev–Trinajstić information content (AvgIpc) is 0. The third-order valence-electron chi connectivity index (χ3n) is 0. The third-order valence-corrected chi connectivity index (χ3v) is 0. The SMILES string of the molecule is B.N.[Al].[GaH3]. The van der Waals surface area contributed by atoms with Crippen LogP contribution in [0.25, 0.3) is 0 Å². The summed E-state index contributed by atoms with van der Waals surface area (Å²) in [5.74, 6) is 0. The van der Waals surface area contributed by atoms with Gasteiger partial charge in [0.15, 0.2) is 0 Å². The van der Waals surface area contributed by atoms with Gasteiger partial charge in [0.1, 0.15) is 0 Å². The van der Waals surface area contributed by atoms with Crippen LogP contribution in [-0.4, -0.2) is 45.6 Å². The zero-order valence-electron chi connectivity index (χ0n) is 1.28. The van der Waals surface area contributed by atoms with E-state index in [0.29, 0.717) is 0 Å². The molecule has 0 aromatic carbocycles. The fraction of sp³-hybridized carbons (Fsp3) is 0. The van der Waals surface area contributed by atoms with Crippen molar-refractivity contribution in [1.29, 1.82) is 0 Å². The van der Waals surface area contributed by atoms with Crippen LogP contribution in [0.1, 0.15) is 0 Å². The van der Waals surface area contributed by atoms with E-state index in [9.17, 15) is 0 Å². The van der Waals surface area contributed by atoms with Crippen molar-refractivity contribution in [3.8, 4) is 0 Å². The van der Waals surface area contributed by atoms with Crippen molar-refractivity contribution in [3.05, 3.63) is 0 Å². The van der Waals surface area contributed by atoms with Crippen molar-refractivity contribution in [3.63, 3.8) is 0 Å². The standard InChI is InChI=1S/Al.BH3.Ga.H3N.3H/h;1H3;;1H3;;;. The Hall–Kier alpha value is 1.19. The maximum atomic E-state index is 0. The van der Waals surface area contributed by atoms with Crippen LogP contribution in [0.5, 0.6) is 0 Å². The molecule has 0 spiro atoms. The molecule has 1 nitrogen and oxygen atoms in total. The van der Waals surface area contributed by atoms with Crippen LogP contribution >= 0.6 is 0 Å². The molecular weight excluding hydrogens is 122 g/mol. The Morgan fingerprint density at radius 2 is 1.00 bits per heavy atom. The van der Waals surface area contributed by atoms with Crippen molar-refractivity contribution in [1.82, 2.24) is 6.15 Å². The summed E-state index contributed by atoms with van der Waals surface area (Å²) in [7, 11) is 0. The summed E-state index contributed by atoms with van der Waals surface area (Å²) in [6.07, 6.45) is 0. The van der Waals surface area contributed by atoms with Crippen molar-refractivity contribution < 1.29 is 0 Å². The summed E-state index contributed by atoms with van der Waals surface area (Å²) in [6.45, 7) is 0. The summed E-state index contributed by atoms with van der Waals surface area (Å²) in [5.41, 5.74) is 0. The van der Waals surface area contributed by atoms with Crippen LogP contribution in [0.4, 0.5) is 0 Å². The predicted octanol–water partition coefficient (Wildman–Crippen LogP) is -2.59. The third kappa shape index (κ3) is 10.8. The van der Waals surface area contributed by atoms with Gasteiger partial charge >= 0.3 is 19.8 Å². The molecule has 0 aromatic heterocycles. The van der Waals surface area contributed by atoms with E-state index in [1.807, 2.05) is 0 Å². The summed E-state index contributed by atoms with van der Waals surface area (Å²) in [5, 5.41) is 0. The van der Waals surface area contributed by atoms with Gasteiger partial charge in [-0.15, -0.1) is 0 Å². The number of hydrogen-bond donors (Lipinski definition) is 1. The topological polar surface area (TPSA) is 35.0 Å². The molecule has 0 heterocycles. The summed E-state index contributed by atoms with van der Waals surface area (Å²) < 4.78 is 0. The molecule has 4 heavy (non-hydrogen) atoms. The van der Waals surface area contributed by atoms with Crippen molar-refractivity contribution in [2.24, 2.45) is 0 Å². The van der Waals surface area contributed by atoms with E-state index in [0.717, 1.165) is 0 Å². The second kappa shape index (κ2) is 30.0. The first-order valence-corrected chi connectivity index (χ1v) is 0. The quantitative estimate of drug-likeness (QED) is 0.359. The van der Waals surface area contributed by atoms with E-state index in [1.54, 1.807) is 0 Å². The first kappa shape index (κ1) is 64.1. The van der Waals surface area contributed by atoms with Gasteiger partial charge in [0.25, 0.3) is 0 Å². The van der Waals surface area contributed by atoms with Crippen LogP contribution in [0.15, 0.2) is 0 Å². The molecule has 23 valence electrons. The average molecular weight is 131 g/mol. The summed E-state index contributed by atoms with van der Waals surface area (Å²) in [4.78, 5) is 0. The van der Waals surface area contributed by atoms with E-state index in [1.165, 1.54) is 0 Å². The van der Waals surface area contributed by atoms with Gasteiger partial charge in [-0.3, -0.25) is 0 Å². The first-order valence-electron chi connectivity index (χ1n) is 0. The number of rotatable bonds is 0. The molecule has 3 N–H and O–H groups in total. The second-order valence-electron chi connectivity index (χ2n) is 0. The fourth-order valence-corrected chi connectivity index (χ4v) is 0. The predicted molar refractivity (Wildman–Crippen MR) is 30.7 cm³/mol. The zero-order valence-corrected chi connectivity index (χ0v) is 2.44. The second-order valence-corrected chi connectivity index (χ2v) is 0. The molecule has 0 saturated carbocycles. The molecule has 0 unspecified atom stereocenters. The van der Waals surface area contributed by atoms with Crippen LogP contribution < -0.4 is 6.15 Å². The normalized spacial score (nSPS) is 0. The zero-order chi connectivity index (χ0) is 0. The molecule has 3 radical (unpaired) electrons. The van der Waals surface area contributed by atoms with Crippen LogP contribution in [0.3, 0.4) is 0 Å². The molecule has 4 heteroatoms. The van der Waals surface area contributed by atoms with Gasteiger partial charge in [-0.05, 0) is 0 Å². The molecule has 0 aliphatic rings. The van der Waals surface area contributed by atoms with E-state index >= 15 is 0 Å². The monoisotopic (exact) mass is 130 g/mol. The molecular formula is H9AlBGaN. The van der Waals surface area contributed by atoms with Gasteiger partial charge < -0.3 is 6.15 Å². The molecule has 0 atom stereocenters. The van der Waals surface area contributed by atoms with Crippen molar-refractivity contribution in [2.75, 3.05) is 0 Å². The molecule has 0 aromatic rings. The molecule has 0 rings (SSSR count). The molecule has 0 bridgehead atoms. The van der Waals surface area contributed by atoms with E-state index in [2.05, 4.69) is 0 Å². The Kier molecular flexibility index (Phi) is 481. The van der Waals surface area contributed by atoms with Gasteiger partial charge in [-0.1, -0.05) is 0 Å². The molecule has 0 aliphatic carbocycles. The van der Waals surface area contributed by atoms with Crippen molar-refractivity contribution >= 4 is 45.6 Å². The minimum absolute atomic E-state index is 0. The Balaban J connectivity index is 0. The molecule has 0 fully saturated rings. The van der Waals surface area contributed by atoms with Gasteiger partial charge in [-0.2, -0.15) is 0 Å². The van der Waals surface area contributed by atoms with Crippen LogP contribution in [0.2, 0.25) is 0 Å². The van der Waals surface area contributed by atoms with Gasteiger partial charge in [0.2, 0.25) is 0 Å². The summed E-state index contributed by atoms with van der Waals surface area (Å²) in [6, 6.07) is 0. The van der Waals surface area contributed by atoms with E-state index in [-0.39, 0.29) is 51.7 Å². The Bertz CT molecular complexity index is 8.00. The Morgan fingerprint density at radius 3 is 1.00 bits per heavy atom. The van der Waals surface area contributed by atoms with Crippen LogP contribution in [-0.2, 0) is 0 Å². The number of hydrogen-bond acceptors (Lipinski definition) is 1. The Labute approximate surface area is 51.9 Å². The Morgan fingerprint density at radius 1 is 1.00 bits per heavy atom. The molecule has 0 amide bonds. The maximum absolute atomic E-state index is 0. The van der Waals surface area contributed by atoms with Crippen molar-refractivity contribution in [2.45, 2.75) is 0 Å².